The number of hydrogen-bond acceptors (Lipinski definition) is 4. The van der Waals surface area contributed by atoms with Crippen molar-refractivity contribution in [3.63, 3.8) is 0 Å². The number of nitrogens with zero attached hydrogens (tertiary/aromatic N) is 3. The number of aryl methyl sites for hydroxylation is 2. The van der Waals surface area contributed by atoms with E-state index in [-0.39, 0.29) is 11.5 Å². The van der Waals surface area contributed by atoms with Gasteiger partial charge >= 0.3 is 0 Å². The second-order valence-corrected chi connectivity index (χ2v) is 6.58. The van der Waals surface area contributed by atoms with Crippen LogP contribution in [0, 0.1) is 0 Å². The second kappa shape index (κ2) is 7.51. The van der Waals surface area contributed by atoms with Crippen LogP contribution in [0.2, 0.25) is 0 Å². The molecule has 3 rings (SSSR count). The SMILES string of the molecule is CN(C)c1ccc(C(=O)NCCn2nc3c(cc2=O)CCCC3)cc1. The molecule has 0 radical (unpaired) electrons. The van der Waals surface area contributed by atoms with E-state index in [4.69, 9.17) is 0 Å². The molecule has 25 heavy (non-hydrogen) atoms. The highest BCUT2D eigenvalue weighted by molar-refractivity contribution is 5.94. The van der Waals surface area contributed by atoms with Crippen molar-refractivity contribution in [3.05, 3.63) is 57.5 Å². The largest absolute Gasteiger partial charge is 0.378 e. The van der Waals surface area contributed by atoms with Crippen molar-refractivity contribution < 1.29 is 4.79 Å². The first-order valence-electron chi connectivity index (χ1n) is 8.70. The minimum atomic E-state index is -0.142. The topological polar surface area (TPSA) is 67.2 Å². The number of carbonyl (C=O) groups excluding carboxylic acids is 1. The third-order valence-corrected chi connectivity index (χ3v) is 4.53. The van der Waals surface area contributed by atoms with Gasteiger partial charge in [-0.3, -0.25) is 9.59 Å². The summed E-state index contributed by atoms with van der Waals surface area (Å²) in [4.78, 5) is 26.3. The molecule has 0 unspecified atom stereocenters. The van der Waals surface area contributed by atoms with Gasteiger partial charge in [0.1, 0.15) is 0 Å². The highest BCUT2D eigenvalue weighted by Crippen LogP contribution is 2.16. The Kier molecular flexibility index (Phi) is 5.16. The third-order valence-electron chi connectivity index (χ3n) is 4.53. The predicted octanol–water partition coefficient (Wildman–Crippen LogP) is 1.62. The number of aromatic nitrogens is 2. The summed E-state index contributed by atoms with van der Waals surface area (Å²) in [6.07, 6.45) is 4.12. The van der Waals surface area contributed by atoms with Crippen LogP contribution in [0.25, 0.3) is 0 Å². The molecular weight excluding hydrogens is 316 g/mol. The molecule has 0 bridgehead atoms. The molecule has 132 valence electrons. The van der Waals surface area contributed by atoms with Gasteiger partial charge in [0, 0.05) is 38.0 Å². The van der Waals surface area contributed by atoms with E-state index in [2.05, 4.69) is 10.4 Å². The summed E-state index contributed by atoms with van der Waals surface area (Å²) in [5.41, 5.74) is 3.66. The molecule has 0 spiro atoms. The van der Waals surface area contributed by atoms with Gasteiger partial charge in [0.15, 0.2) is 0 Å². The van der Waals surface area contributed by atoms with E-state index >= 15 is 0 Å². The van der Waals surface area contributed by atoms with Gasteiger partial charge in [-0.05, 0) is 55.5 Å². The molecule has 1 aromatic carbocycles. The first kappa shape index (κ1) is 17.2. The molecule has 6 heteroatoms. The van der Waals surface area contributed by atoms with Gasteiger partial charge in [-0.25, -0.2) is 4.68 Å². The van der Waals surface area contributed by atoms with Crippen LogP contribution in [-0.4, -0.2) is 36.3 Å². The number of benzene rings is 1. The number of anilines is 1. The summed E-state index contributed by atoms with van der Waals surface area (Å²) in [6, 6.07) is 9.11. The van der Waals surface area contributed by atoms with Crippen LogP contribution in [0.3, 0.4) is 0 Å². The number of rotatable bonds is 5. The van der Waals surface area contributed by atoms with Gasteiger partial charge in [-0.1, -0.05) is 0 Å². The first-order chi connectivity index (χ1) is 12.0. The van der Waals surface area contributed by atoms with E-state index < -0.39 is 0 Å². The molecule has 1 N–H and O–H groups in total. The monoisotopic (exact) mass is 340 g/mol. The molecule has 1 aliphatic rings. The molecule has 0 saturated heterocycles. The molecule has 0 atom stereocenters. The average molecular weight is 340 g/mol. The molecule has 0 fully saturated rings. The minimum Gasteiger partial charge on any atom is -0.378 e. The Labute approximate surface area is 147 Å². The van der Waals surface area contributed by atoms with Crippen molar-refractivity contribution >= 4 is 11.6 Å². The van der Waals surface area contributed by atoms with Crippen LogP contribution < -0.4 is 15.8 Å². The Morgan fingerprint density at radius 3 is 2.64 bits per heavy atom. The van der Waals surface area contributed by atoms with E-state index in [0.717, 1.165) is 42.6 Å². The lowest BCUT2D eigenvalue weighted by molar-refractivity contribution is 0.0951. The Morgan fingerprint density at radius 2 is 1.92 bits per heavy atom. The molecular formula is C19H24N4O2. The molecule has 1 heterocycles. The van der Waals surface area contributed by atoms with E-state index in [0.29, 0.717) is 18.7 Å². The summed E-state index contributed by atoms with van der Waals surface area (Å²) < 4.78 is 1.46. The maximum atomic E-state index is 12.2. The third kappa shape index (κ3) is 4.07. The first-order valence-corrected chi connectivity index (χ1v) is 8.70. The van der Waals surface area contributed by atoms with Gasteiger partial charge in [-0.15, -0.1) is 0 Å². The van der Waals surface area contributed by atoms with E-state index in [1.807, 2.05) is 31.1 Å². The average Bonchev–Trinajstić information content (AvgIpc) is 2.62. The van der Waals surface area contributed by atoms with Gasteiger partial charge in [0.25, 0.3) is 11.5 Å². The Hall–Kier alpha value is -2.63. The summed E-state index contributed by atoms with van der Waals surface area (Å²) in [6.45, 7) is 0.758. The predicted molar refractivity (Wildman–Crippen MR) is 98.2 cm³/mol. The van der Waals surface area contributed by atoms with Crippen LogP contribution in [0.4, 0.5) is 5.69 Å². The Bertz CT molecular complexity index is 809. The molecule has 6 nitrogen and oxygen atoms in total. The molecule has 1 aliphatic carbocycles. The van der Waals surface area contributed by atoms with Crippen LogP contribution in [0.1, 0.15) is 34.5 Å². The molecule has 2 aromatic rings. The lowest BCUT2D eigenvalue weighted by Gasteiger charge is -2.16. The fourth-order valence-corrected chi connectivity index (χ4v) is 3.05. The van der Waals surface area contributed by atoms with Gasteiger partial charge in [-0.2, -0.15) is 5.10 Å². The smallest absolute Gasteiger partial charge is 0.267 e. The van der Waals surface area contributed by atoms with E-state index in [9.17, 15) is 9.59 Å². The normalized spacial score (nSPS) is 13.2. The standard InChI is InChI=1S/C19H24N4O2/c1-22(2)16-9-7-14(8-10-16)19(25)20-11-12-23-18(24)13-15-5-3-4-6-17(15)21-23/h7-10,13H,3-6,11-12H2,1-2H3,(H,20,25). The quantitative estimate of drug-likeness (QED) is 0.898. The van der Waals surface area contributed by atoms with Crippen LogP contribution in [0.15, 0.2) is 35.1 Å². The number of carbonyl (C=O) groups is 1. The molecule has 1 amide bonds. The summed E-state index contributed by atoms with van der Waals surface area (Å²) in [7, 11) is 3.91. The fraction of sp³-hybridized carbons (Fsp3) is 0.421. The van der Waals surface area contributed by atoms with Crippen molar-refractivity contribution in [3.8, 4) is 0 Å². The number of amides is 1. The van der Waals surface area contributed by atoms with Crippen molar-refractivity contribution in [1.82, 2.24) is 15.1 Å². The highest BCUT2D eigenvalue weighted by atomic mass is 16.1. The Morgan fingerprint density at radius 1 is 1.20 bits per heavy atom. The van der Waals surface area contributed by atoms with E-state index in [1.54, 1.807) is 18.2 Å². The summed E-state index contributed by atoms with van der Waals surface area (Å²) in [5.74, 6) is -0.142. The molecule has 1 aromatic heterocycles. The minimum absolute atomic E-state index is 0.0924. The van der Waals surface area contributed by atoms with Gasteiger partial charge < -0.3 is 10.2 Å². The number of nitrogens with one attached hydrogen (secondary N) is 1. The van der Waals surface area contributed by atoms with Crippen molar-refractivity contribution in [1.29, 1.82) is 0 Å². The van der Waals surface area contributed by atoms with Crippen LogP contribution in [0.5, 0.6) is 0 Å². The highest BCUT2D eigenvalue weighted by Gasteiger charge is 2.13. The number of fused-ring (bicyclic) bond motifs is 1. The van der Waals surface area contributed by atoms with Crippen molar-refractivity contribution in [2.45, 2.75) is 32.2 Å². The lowest BCUT2D eigenvalue weighted by Crippen LogP contribution is -2.33. The van der Waals surface area contributed by atoms with Crippen LogP contribution in [-0.2, 0) is 19.4 Å². The zero-order chi connectivity index (χ0) is 17.8. The number of hydrogen-bond donors (Lipinski definition) is 1. The molecule has 0 aliphatic heterocycles. The van der Waals surface area contributed by atoms with Gasteiger partial charge in [0.2, 0.25) is 0 Å². The van der Waals surface area contributed by atoms with Crippen molar-refractivity contribution in [2.75, 3.05) is 25.5 Å². The lowest BCUT2D eigenvalue weighted by atomic mass is 9.97. The summed E-state index contributed by atoms with van der Waals surface area (Å²) in [5, 5.41) is 7.31. The van der Waals surface area contributed by atoms with Crippen LogP contribution >= 0.6 is 0 Å². The van der Waals surface area contributed by atoms with E-state index in [1.165, 1.54) is 4.68 Å². The second-order valence-electron chi connectivity index (χ2n) is 6.58. The Balaban J connectivity index is 1.59. The summed E-state index contributed by atoms with van der Waals surface area (Å²) >= 11 is 0. The maximum Gasteiger partial charge on any atom is 0.267 e. The maximum absolute atomic E-state index is 12.2. The van der Waals surface area contributed by atoms with Crippen molar-refractivity contribution in [2.24, 2.45) is 0 Å². The zero-order valence-corrected chi connectivity index (χ0v) is 14.8. The fourth-order valence-electron chi connectivity index (χ4n) is 3.05. The molecule has 0 saturated carbocycles. The van der Waals surface area contributed by atoms with Gasteiger partial charge in [0.05, 0.1) is 12.2 Å². The zero-order valence-electron chi connectivity index (χ0n) is 14.8.